The number of halogens is 1. The average molecular weight is 183 g/mol. The number of ether oxygens (including phenoxy) is 1. The van der Waals surface area contributed by atoms with E-state index in [2.05, 4.69) is 0 Å². The Morgan fingerprint density at radius 2 is 2.33 bits per heavy atom. The van der Waals surface area contributed by atoms with Gasteiger partial charge in [-0.15, -0.1) is 0 Å². The van der Waals surface area contributed by atoms with E-state index in [1.165, 1.54) is 0 Å². The zero-order valence-corrected chi connectivity index (χ0v) is 7.10. The molecule has 0 aromatic heterocycles. The Bertz CT molecular complexity index is 334. The standard InChI is InChI=1S/C9H7ClO2/c10-8-2-1-6(5-11)9-7(8)3-4-12-9/h1-2,5H,3-4H2. The first-order valence-corrected chi connectivity index (χ1v) is 4.10. The van der Waals surface area contributed by atoms with Gasteiger partial charge in [0.05, 0.1) is 12.2 Å². The van der Waals surface area contributed by atoms with Crippen LogP contribution >= 0.6 is 11.6 Å². The number of carbonyl (C=O) groups excluding carboxylic acids is 1. The fraction of sp³-hybridized carbons (Fsp3) is 0.222. The minimum Gasteiger partial charge on any atom is -0.492 e. The van der Waals surface area contributed by atoms with Crippen molar-refractivity contribution in [1.82, 2.24) is 0 Å². The summed E-state index contributed by atoms with van der Waals surface area (Å²) in [6.45, 7) is 0.625. The van der Waals surface area contributed by atoms with Crippen LogP contribution in [0.1, 0.15) is 15.9 Å². The van der Waals surface area contributed by atoms with E-state index in [0.29, 0.717) is 22.9 Å². The number of fused-ring (bicyclic) bond motifs is 1. The van der Waals surface area contributed by atoms with Gasteiger partial charge in [0.2, 0.25) is 0 Å². The molecule has 1 heterocycles. The molecule has 0 atom stereocenters. The van der Waals surface area contributed by atoms with Gasteiger partial charge in [0.15, 0.2) is 6.29 Å². The average Bonchev–Trinajstić information content (AvgIpc) is 2.54. The van der Waals surface area contributed by atoms with Gasteiger partial charge in [-0.1, -0.05) is 11.6 Å². The molecule has 0 fully saturated rings. The van der Waals surface area contributed by atoms with Crippen molar-refractivity contribution in [2.75, 3.05) is 6.61 Å². The van der Waals surface area contributed by atoms with E-state index >= 15 is 0 Å². The van der Waals surface area contributed by atoms with Crippen molar-refractivity contribution >= 4 is 17.9 Å². The van der Waals surface area contributed by atoms with E-state index in [9.17, 15) is 4.79 Å². The summed E-state index contributed by atoms with van der Waals surface area (Å²) in [6.07, 6.45) is 1.59. The van der Waals surface area contributed by atoms with Gasteiger partial charge < -0.3 is 4.74 Å². The molecule has 0 unspecified atom stereocenters. The Balaban J connectivity index is 2.64. The van der Waals surface area contributed by atoms with Crippen LogP contribution in [0.5, 0.6) is 5.75 Å². The summed E-state index contributed by atoms with van der Waals surface area (Å²) in [4.78, 5) is 10.6. The van der Waals surface area contributed by atoms with Crippen molar-refractivity contribution in [3.8, 4) is 5.75 Å². The van der Waals surface area contributed by atoms with E-state index in [0.717, 1.165) is 18.3 Å². The van der Waals surface area contributed by atoms with Crippen LogP contribution in [0.2, 0.25) is 5.02 Å². The molecule has 0 amide bonds. The van der Waals surface area contributed by atoms with Gasteiger partial charge in [-0.05, 0) is 12.1 Å². The first-order chi connectivity index (χ1) is 5.83. The third-order valence-corrected chi connectivity index (χ3v) is 2.31. The molecule has 3 heteroatoms. The van der Waals surface area contributed by atoms with Crippen LogP contribution < -0.4 is 4.74 Å². The minimum atomic E-state index is 0.590. The summed E-state index contributed by atoms with van der Waals surface area (Å²) < 4.78 is 5.29. The van der Waals surface area contributed by atoms with E-state index in [1.807, 2.05) is 0 Å². The van der Waals surface area contributed by atoms with Gasteiger partial charge >= 0.3 is 0 Å². The quantitative estimate of drug-likeness (QED) is 0.622. The highest BCUT2D eigenvalue weighted by Crippen LogP contribution is 2.33. The summed E-state index contributed by atoms with van der Waals surface area (Å²) in [5.74, 6) is 0.664. The Morgan fingerprint density at radius 1 is 1.50 bits per heavy atom. The largest absolute Gasteiger partial charge is 0.492 e. The second-order valence-electron chi connectivity index (χ2n) is 2.66. The van der Waals surface area contributed by atoms with E-state index in [4.69, 9.17) is 16.3 Å². The lowest BCUT2D eigenvalue weighted by atomic mass is 10.1. The van der Waals surface area contributed by atoms with Crippen LogP contribution in [-0.2, 0) is 6.42 Å². The SMILES string of the molecule is O=Cc1ccc(Cl)c2c1OCC2. The second kappa shape index (κ2) is 2.79. The molecule has 0 saturated heterocycles. The molecule has 12 heavy (non-hydrogen) atoms. The third kappa shape index (κ3) is 0.994. The van der Waals surface area contributed by atoms with Crippen molar-refractivity contribution in [2.24, 2.45) is 0 Å². The Kier molecular flexibility index (Phi) is 1.77. The van der Waals surface area contributed by atoms with E-state index in [1.54, 1.807) is 12.1 Å². The number of benzene rings is 1. The van der Waals surface area contributed by atoms with Crippen molar-refractivity contribution < 1.29 is 9.53 Å². The Morgan fingerprint density at radius 3 is 3.08 bits per heavy atom. The minimum absolute atomic E-state index is 0.590. The summed E-state index contributed by atoms with van der Waals surface area (Å²) in [5, 5.41) is 0.688. The van der Waals surface area contributed by atoms with Crippen molar-refractivity contribution in [2.45, 2.75) is 6.42 Å². The molecule has 0 saturated carbocycles. The predicted octanol–water partition coefficient (Wildman–Crippen LogP) is 2.09. The molecule has 0 radical (unpaired) electrons. The zero-order chi connectivity index (χ0) is 8.55. The maximum absolute atomic E-state index is 10.6. The second-order valence-corrected chi connectivity index (χ2v) is 3.07. The topological polar surface area (TPSA) is 26.3 Å². The van der Waals surface area contributed by atoms with Crippen LogP contribution in [-0.4, -0.2) is 12.9 Å². The third-order valence-electron chi connectivity index (χ3n) is 1.96. The summed E-state index contributed by atoms with van der Waals surface area (Å²) in [6, 6.07) is 3.41. The number of carbonyl (C=O) groups is 1. The van der Waals surface area contributed by atoms with E-state index < -0.39 is 0 Å². The normalized spacial score (nSPS) is 13.8. The molecular formula is C9H7ClO2. The lowest BCUT2D eigenvalue weighted by molar-refractivity contribution is 0.112. The first kappa shape index (κ1) is 7.62. The summed E-state index contributed by atoms with van der Waals surface area (Å²) >= 11 is 5.90. The van der Waals surface area contributed by atoms with Gasteiger partial charge in [0, 0.05) is 17.0 Å². The Hall–Kier alpha value is -1.02. The van der Waals surface area contributed by atoms with Crippen LogP contribution in [0.3, 0.4) is 0 Å². The monoisotopic (exact) mass is 182 g/mol. The fourth-order valence-electron chi connectivity index (χ4n) is 1.37. The molecule has 1 aromatic rings. The lowest BCUT2D eigenvalue weighted by Crippen LogP contribution is -1.89. The van der Waals surface area contributed by atoms with Crippen LogP contribution in [0, 0.1) is 0 Å². The van der Waals surface area contributed by atoms with Gasteiger partial charge in [0.1, 0.15) is 5.75 Å². The highest BCUT2D eigenvalue weighted by Gasteiger charge is 2.18. The molecule has 0 aliphatic carbocycles. The van der Waals surface area contributed by atoms with Crippen LogP contribution in [0.25, 0.3) is 0 Å². The summed E-state index contributed by atoms with van der Waals surface area (Å²) in [5.41, 5.74) is 1.55. The molecule has 62 valence electrons. The van der Waals surface area contributed by atoms with Crippen LogP contribution in [0.15, 0.2) is 12.1 Å². The van der Waals surface area contributed by atoms with Gasteiger partial charge in [-0.3, -0.25) is 4.79 Å². The smallest absolute Gasteiger partial charge is 0.153 e. The molecule has 0 spiro atoms. The highest BCUT2D eigenvalue weighted by molar-refractivity contribution is 6.31. The molecule has 1 aliphatic rings. The maximum atomic E-state index is 10.6. The molecule has 1 aromatic carbocycles. The number of hydrogen-bond acceptors (Lipinski definition) is 2. The molecule has 1 aliphatic heterocycles. The van der Waals surface area contributed by atoms with Gasteiger partial charge in [0.25, 0.3) is 0 Å². The number of rotatable bonds is 1. The summed E-state index contributed by atoms with van der Waals surface area (Å²) in [7, 11) is 0. The molecule has 0 bridgehead atoms. The van der Waals surface area contributed by atoms with E-state index in [-0.39, 0.29) is 0 Å². The molecular weight excluding hydrogens is 176 g/mol. The van der Waals surface area contributed by atoms with Crippen molar-refractivity contribution in [3.05, 3.63) is 28.3 Å². The molecule has 2 rings (SSSR count). The van der Waals surface area contributed by atoms with Gasteiger partial charge in [-0.25, -0.2) is 0 Å². The van der Waals surface area contributed by atoms with Crippen LogP contribution in [0.4, 0.5) is 0 Å². The molecule has 0 N–H and O–H groups in total. The predicted molar refractivity (Wildman–Crippen MR) is 46.0 cm³/mol. The van der Waals surface area contributed by atoms with Crippen molar-refractivity contribution in [3.63, 3.8) is 0 Å². The fourth-order valence-corrected chi connectivity index (χ4v) is 1.62. The number of aldehydes is 1. The zero-order valence-electron chi connectivity index (χ0n) is 6.34. The highest BCUT2D eigenvalue weighted by atomic mass is 35.5. The maximum Gasteiger partial charge on any atom is 0.153 e. The first-order valence-electron chi connectivity index (χ1n) is 3.72. The van der Waals surface area contributed by atoms with Gasteiger partial charge in [-0.2, -0.15) is 0 Å². The Labute approximate surface area is 75.1 Å². The lowest BCUT2D eigenvalue weighted by Gasteiger charge is -2.02. The number of hydrogen-bond donors (Lipinski definition) is 0. The molecule has 2 nitrogen and oxygen atoms in total. The van der Waals surface area contributed by atoms with Crippen molar-refractivity contribution in [1.29, 1.82) is 0 Å².